The van der Waals surface area contributed by atoms with E-state index < -0.39 is 0 Å². The third kappa shape index (κ3) is 6.23. The third-order valence-electron chi connectivity index (χ3n) is 3.42. The first-order valence-corrected chi connectivity index (χ1v) is 9.11. The Hall–Kier alpha value is -2.64. The van der Waals surface area contributed by atoms with E-state index in [-0.39, 0.29) is 16.8 Å². The lowest BCUT2D eigenvalue weighted by atomic mass is 10.2. The van der Waals surface area contributed by atoms with Crippen LogP contribution < -0.4 is 15.4 Å². The largest absolute Gasteiger partial charge is 0.504 e. The van der Waals surface area contributed by atoms with Crippen molar-refractivity contribution in [3.63, 3.8) is 0 Å². The molecule has 0 radical (unpaired) electrons. The summed E-state index contributed by atoms with van der Waals surface area (Å²) in [5.74, 6) is 0.149. The number of phenolic OH excluding ortho intramolecular Hbond substituents is 1. The van der Waals surface area contributed by atoms with E-state index in [4.69, 9.17) is 28.6 Å². The molecule has 0 aliphatic rings. The molecule has 142 valence electrons. The molecule has 2 aromatic rings. The predicted octanol–water partition coefficient (Wildman–Crippen LogP) is 4.42. The lowest BCUT2D eigenvalue weighted by molar-refractivity contribution is -0.119. The minimum atomic E-state index is -0.151. The molecule has 0 spiro atoms. The quantitative estimate of drug-likeness (QED) is 0.489. The van der Waals surface area contributed by atoms with Crippen LogP contribution in [0.2, 0.25) is 5.02 Å². The first-order valence-electron chi connectivity index (χ1n) is 8.33. The number of aromatic hydroxyl groups is 1. The second-order valence-electron chi connectivity index (χ2n) is 5.44. The van der Waals surface area contributed by atoms with E-state index in [1.54, 1.807) is 43.3 Å². The number of phenols is 1. The van der Waals surface area contributed by atoms with Crippen molar-refractivity contribution in [3.8, 4) is 11.5 Å². The highest BCUT2D eigenvalue weighted by Crippen LogP contribution is 2.33. The van der Waals surface area contributed by atoms with E-state index in [0.717, 1.165) is 5.69 Å². The van der Waals surface area contributed by atoms with Gasteiger partial charge in [0.25, 0.3) is 0 Å². The van der Waals surface area contributed by atoms with Crippen LogP contribution in [0.3, 0.4) is 0 Å². The Balaban J connectivity index is 2.08. The van der Waals surface area contributed by atoms with Gasteiger partial charge < -0.3 is 20.5 Å². The average molecular weight is 406 g/mol. The van der Waals surface area contributed by atoms with Gasteiger partial charge in [-0.1, -0.05) is 18.5 Å². The summed E-state index contributed by atoms with van der Waals surface area (Å²) < 4.78 is 5.35. The Labute approximate surface area is 168 Å². The number of benzene rings is 2. The van der Waals surface area contributed by atoms with E-state index in [1.807, 2.05) is 6.92 Å². The van der Waals surface area contributed by atoms with Crippen LogP contribution in [0.4, 0.5) is 11.4 Å². The van der Waals surface area contributed by atoms with E-state index in [9.17, 15) is 9.90 Å². The van der Waals surface area contributed by atoms with Gasteiger partial charge in [0.1, 0.15) is 0 Å². The Morgan fingerprint density at radius 2 is 2.00 bits per heavy atom. The number of hydrogen-bond donors (Lipinski definition) is 3. The van der Waals surface area contributed by atoms with Crippen LogP contribution in [0, 0.1) is 0 Å². The summed E-state index contributed by atoms with van der Waals surface area (Å²) >= 11 is 11.1. The third-order valence-corrected chi connectivity index (χ3v) is 3.84. The van der Waals surface area contributed by atoms with Crippen LogP contribution in [0.15, 0.2) is 41.4 Å². The number of carbonyl (C=O) groups is 1. The molecule has 27 heavy (non-hydrogen) atoms. The second kappa shape index (κ2) is 9.89. The molecule has 0 unspecified atom stereocenters. The van der Waals surface area contributed by atoms with Crippen molar-refractivity contribution in [2.24, 2.45) is 4.99 Å². The Morgan fingerprint density at radius 3 is 2.63 bits per heavy atom. The summed E-state index contributed by atoms with van der Waals surface area (Å²) in [6, 6.07) is 10.3. The van der Waals surface area contributed by atoms with E-state index >= 15 is 0 Å². The predicted molar refractivity (Wildman–Crippen MR) is 113 cm³/mol. The highest BCUT2D eigenvalue weighted by molar-refractivity contribution is 7.80. The monoisotopic (exact) mass is 405 g/mol. The summed E-state index contributed by atoms with van der Waals surface area (Å²) in [6.07, 6.45) is 1.87. The van der Waals surface area contributed by atoms with Crippen LogP contribution in [0.25, 0.3) is 0 Å². The molecule has 2 rings (SSSR count). The molecule has 0 fully saturated rings. The molecule has 0 heterocycles. The summed E-state index contributed by atoms with van der Waals surface area (Å²) in [5.41, 5.74) is 1.84. The molecule has 0 saturated heterocycles. The van der Waals surface area contributed by atoms with Crippen LogP contribution in [-0.2, 0) is 4.79 Å². The summed E-state index contributed by atoms with van der Waals surface area (Å²) in [5, 5.41) is 16.4. The summed E-state index contributed by atoms with van der Waals surface area (Å²) in [4.78, 5) is 15.6. The Kier molecular flexibility index (Phi) is 7.57. The number of halogens is 1. The Morgan fingerprint density at radius 1 is 1.30 bits per heavy atom. The van der Waals surface area contributed by atoms with Crippen molar-refractivity contribution >= 4 is 52.4 Å². The molecular weight excluding hydrogens is 386 g/mol. The number of hydrogen-bond acceptors (Lipinski definition) is 5. The fourth-order valence-corrected chi connectivity index (χ4v) is 2.56. The van der Waals surface area contributed by atoms with Crippen molar-refractivity contribution in [2.75, 3.05) is 11.9 Å². The van der Waals surface area contributed by atoms with Gasteiger partial charge in [-0.15, -0.1) is 0 Å². The van der Waals surface area contributed by atoms with Crippen molar-refractivity contribution in [1.29, 1.82) is 0 Å². The van der Waals surface area contributed by atoms with E-state index in [1.165, 1.54) is 6.21 Å². The molecule has 0 aromatic heterocycles. The molecule has 1 amide bonds. The maximum absolute atomic E-state index is 11.3. The maximum Gasteiger partial charge on any atom is 0.225 e. The zero-order valence-corrected chi connectivity index (χ0v) is 16.5. The lowest BCUT2D eigenvalue weighted by Crippen LogP contribution is -2.33. The van der Waals surface area contributed by atoms with Crippen LogP contribution in [0.5, 0.6) is 11.5 Å². The van der Waals surface area contributed by atoms with E-state index in [0.29, 0.717) is 35.1 Å². The van der Waals surface area contributed by atoms with Gasteiger partial charge in [-0.25, -0.2) is 0 Å². The number of anilines is 1. The summed E-state index contributed by atoms with van der Waals surface area (Å²) in [6.45, 7) is 3.99. The van der Waals surface area contributed by atoms with Crippen molar-refractivity contribution in [3.05, 3.63) is 47.0 Å². The SMILES string of the molecule is CCOc1cc(Cl)cc(C=Nc2ccc(NC(=S)NC(=O)CC)cc2)c1O. The van der Waals surface area contributed by atoms with Gasteiger partial charge in [0.2, 0.25) is 5.91 Å². The molecule has 0 saturated carbocycles. The lowest BCUT2D eigenvalue weighted by Gasteiger charge is -2.09. The molecule has 0 bridgehead atoms. The number of amides is 1. The van der Waals surface area contributed by atoms with Crippen LogP contribution >= 0.6 is 23.8 Å². The molecule has 3 N–H and O–H groups in total. The molecule has 0 atom stereocenters. The van der Waals surface area contributed by atoms with E-state index in [2.05, 4.69) is 15.6 Å². The van der Waals surface area contributed by atoms with Gasteiger partial charge in [0, 0.05) is 35.0 Å². The average Bonchev–Trinajstić information content (AvgIpc) is 2.64. The zero-order valence-electron chi connectivity index (χ0n) is 15.0. The van der Waals surface area contributed by atoms with Gasteiger partial charge in [-0.2, -0.15) is 0 Å². The topological polar surface area (TPSA) is 83.0 Å². The number of nitrogens with one attached hydrogen (secondary N) is 2. The second-order valence-corrected chi connectivity index (χ2v) is 6.28. The number of rotatable bonds is 6. The van der Waals surface area contributed by atoms with Gasteiger partial charge >= 0.3 is 0 Å². The zero-order chi connectivity index (χ0) is 19.8. The fourth-order valence-electron chi connectivity index (χ4n) is 2.11. The number of carbonyl (C=O) groups excluding carboxylic acids is 1. The highest BCUT2D eigenvalue weighted by Gasteiger charge is 2.09. The minimum Gasteiger partial charge on any atom is -0.504 e. The number of nitrogens with zero attached hydrogens (tertiary/aromatic N) is 1. The van der Waals surface area contributed by atoms with Gasteiger partial charge in [-0.05, 0) is 49.5 Å². The molecular formula is C19H20ClN3O3S. The first-order chi connectivity index (χ1) is 12.9. The van der Waals surface area contributed by atoms with Gasteiger partial charge in [0.05, 0.1) is 12.3 Å². The van der Waals surface area contributed by atoms with Crippen LogP contribution in [-0.4, -0.2) is 28.9 Å². The highest BCUT2D eigenvalue weighted by atomic mass is 35.5. The maximum atomic E-state index is 11.3. The first kappa shape index (κ1) is 20.7. The molecule has 8 heteroatoms. The normalized spacial score (nSPS) is 10.6. The number of aliphatic imine (C=N–C) groups is 1. The summed E-state index contributed by atoms with van der Waals surface area (Å²) in [7, 11) is 0. The molecule has 0 aliphatic carbocycles. The number of ether oxygens (including phenoxy) is 1. The minimum absolute atomic E-state index is 0.0136. The van der Waals surface area contributed by atoms with Gasteiger partial charge in [-0.3, -0.25) is 9.79 Å². The standard InChI is InChI=1S/C19H20ClN3O3S/c1-3-17(24)23-19(27)22-15-7-5-14(6-8-15)21-11-12-9-13(20)10-16(18(12)25)26-4-2/h5-11,25H,3-4H2,1-2H3,(H2,22,23,24,27). The molecule has 6 nitrogen and oxygen atoms in total. The fraction of sp³-hybridized carbons (Fsp3) is 0.211. The molecule has 2 aromatic carbocycles. The number of thiocarbonyl (C=S) groups is 1. The van der Waals surface area contributed by atoms with Crippen molar-refractivity contribution < 1.29 is 14.6 Å². The van der Waals surface area contributed by atoms with Crippen LogP contribution in [0.1, 0.15) is 25.8 Å². The Bertz CT molecular complexity index is 854. The molecule has 0 aliphatic heterocycles. The van der Waals surface area contributed by atoms with Crippen molar-refractivity contribution in [2.45, 2.75) is 20.3 Å². The van der Waals surface area contributed by atoms with Gasteiger partial charge in [0.15, 0.2) is 16.6 Å². The van der Waals surface area contributed by atoms with Crippen molar-refractivity contribution in [1.82, 2.24) is 5.32 Å². The smallest absolute Gasteiger partial charge is 0.225 e.